The molecule has 0 spiro atoms. The third-order valence-corrected chi connectivity index (χ3v) is 0.0962. The van der Waals surface area contributed by atoms with Crippen LogP contribution in [0.3, 0.4) is 0 Å². The molecule has 0 aliphatic carbocycles. The first-order chi connectivity index (χ1) is 3.65. The SMILES string of the molecule is CC(=O)O.NCC=O. The van der Waals surface area contributed by atoms with E-state index in [2.05, 4.69) is 5.73 Å². The van der Waals surface area contributed by atoms with Crippen molar-refractivity contribution < 1.29 is 14.7 Å². The van der Waals surface area contributed by atoms with Gasteiger partial charge in [0.15, 0.2) is 0 Å². The molecule has 0 unspecified atom stereocenters. The average Bonchev–Trinajstić information content (AvgIpc) is 1.65. The summed E-state index contributed by atoms with van der Waals surface area (Å²) in [6, 6.07) is 0. The van der Waals surface area contributed by atoms with E-state index in [9.17, 15) is 0 Å². The minimum Gasteiger partial charge on any atom is -0.481 e. The predicted molar refractivity (Wildman–Crippen MR) is 28.4 cm³/mol. The molecule has 0 radical (unpaired) electrons. The number of nitrogens with two attached hydrogens (primary N) is 1. The van der Waals surface area contributed by atoms with Crippen molar-refractivity contribution in [3.63, 3.8) is 0 Å². The van der Waals surface area contributed by atoms with Crippen LogP contribution >= 0.6 is 0 Å². The highest BCUT2D eigenvalue weighted by Crippen LogP contribution is 1.42. The molecule has 0 saturated carbocycles. The number of carboxylic acid groups (broad SMARTS) is 1. The van der Waals surface area contributed by atoms with Crippen molar-refractivity contribution in [3.8, 4) is 0 Å². The molecule has 0 amide bonds. The predicted octanol–water partition coefficient (Wildman–Crippen LogP) is -0.765. The van der Waals surface area contributed by atoms with Crippen LogP contribution in [0.1, 0.15) is 6.92 Å². The van der Waals surface area contributed by atoms with Crippen LogP contribution in [0.4, 0.5) is 0 Å². The Kier molecular flexibility index (Phi) is 12.0. The molecular weight excluding hydrogens is 110 g/mol. The Hall–Kier alpha value is -0.900. The molecule has 0 aromatic carbocycles. The Bertz CT molecular complexity index is 67.7. The summed E-state index contributed by atoms with van der Waals surface area (Å²) in [6.07, 6.45) is 0.653. The lowest BCUT2D eigenvalue weighted by molar-refractivity contribution is -0.134. The summed E-state index contributed by atoms with van der Waals surface area (Å²) in [6.45, 7) is 1.22. The summed E-state index contributed by atoms with van der Waals surface area (Å²) in [5.41, 5.74) is 4.66. The van der Waals surface area contributed by atoms with Gasteiger partial charge in [0.25, 0.3) is 5.97 Å². The fourth-order valence-corrected chi connectivity index (χ4v) is 0. The second-order valence-electron chi connectivity index (χ2n) is 0.921. The van der Waals surface area contributed by atoms with Crippen LogP contribution in [0.25, 0.3) is 0 Å². The number of aliphatic carboxylic acids is 1. The zero-order chi connectivity index (χ0) is 6.99. The Morgan fingerprint density at radius 3 is 2.00 bits per heavy atom. The van der Waals surface area contributed by atoms with Crippen molar-refractivity contribution >= 4 is 12.3 Å². The fraction of sp³-hybridized carbons (Fsp3) is 0.500. The summed E-state index contributed by atoms with van der Waals surface area (Å²) < 4.78 is 0. The summed E-state index contributed by atoms with van der Waals surface area (Å²) in [5, 5.41) is 7.42. The normalized spacial score (nSPS) is 6.25. The van der Waals surface area contributed by atoms with Gasteiger partial charge in [0.2, 0.25) is 0 Å². The van der Waals surface area contributed by atoms with Crippen LogP contribution in [-0.4, -0.2) is 23.9 Å². The van der Waals surface area contributed by atoms with E-state index in [-0.39, 0.29) is 6.54 Å². The third kappa shape index (κ3) is 8570. The lowest BCUT2D eigenvalue weighted by Crippen LogP contribution is -1.97. The first kappa shape index (κ1) is 10.2. The van der Waals surface area contributed by atoms with Crippen LogP contribution < -0.4 is 5.73 Å². The second kappa shape index (κ2) is 9.44. The second-order valence-corrected chi connectivity index (χ2v) is 0.921. The number of carbonyl (C=O) groups is 2. The van der Waals surface area contributed by atoms with Gasteiger partial charge in [-0.15, -0.1) is 0 Å². The number of aldehydes is 1. The van der Waals surface area contributed by atoms with Gasteiger partial charge in [0.1, 0.15) is 6.29 Å². The van der Waals surface area contributed by atoms with Crippen molar-refractivity contribution in [1.29, 1.82) is 0 Å². The molecule has 0 fully saturated rings. The molecule has 0 aliphatic rings. The zero-order valence-electron chi connectivity index (χ0n) is 4.63. The standard InChI is InChI=1S/C2H5NO.C2H4O2/c3-1-2-4;1-2(3)4/h2H,1,3H2;1H3,(H,3,4). The van der Waals surface area contributed by atoms with E-state index < -0.39 is 5.97 Å². The van der Waals surface area contributed by atoms with Gasteiger partial charge < -0.3 is 15.6 Å². The van der Waals surface area contributed by atoms with Gasteiger partial charge in [0, 0.05) is 13.5 Å². The maximum atomic E-state index is 9.05. The molecule has 0 saturated heterocycles. The number of hydrogen-bond donors (Lipinski definition) is 2. The van der Waals surface area contributed by atoms with Gasteiger partial charge in [-0.3, -0.25) is 4.79 Å². The van der Waals surface area contributed by atoms with E-state index in [1.807, 2.05) is 0 Å². The summed E-state index contributed by atoms with van der Waals surface area (Å²) in [4.78, 5) is 18.0. The molecule has 0 aliphatic heterocycles. The van der Waals surface area contributed by atoms with E-state index in [4.69, 9.17) is 14.7 Å². The maximum Gasteiger partial charge on any atom is 0.300 e. The number of hydrogen-bond acceptors (Lipinski definition) is 3. The van der Waals surface area contributed by atoms with Crippen molar-refractivity contribution in [3.05, 3.63) is 0 Å². The van der Waals surface area contributed by atoms with Crippen LogP contribution in [0.2, 0.25) is 0 Å². The largest absolute Gasteiger partial charge is 0.481 e. The Morgan fingerprint density at radius 2 is 2.00 bits per heavy atom. The van der Waals surface area contributed by atoms with Crippen molar-refractivity contribution in [2.45, 2.75) is 6.92 Å². The first-order valence-electron chi connectivity index (χ1n) is 1.98. The molecule has 4 heteroatoms. The van der Waals surface area contributed by atoms with E-state index in [1.54, 1.807) is 0 Å². The molecule has 8 heavy (non-hydrogen) atoms. The van der Waals surface area contributed by atoms with Gasteiger partial charge in [-0.2, -0.15) is 0 Å². The van der Waals surface area contributed by atoms with Crippen molar-refractivity contribution in [2.24, 2.45) is 5.73 Å². The minimum atomic E-state index is -0.833. The molecule has 4 nitrogen and oxygen atoms in total. The summed E-state index contributed by atoms with van der Waals surface area (Å²) in [5.74, 6) is -0.833. The van der Waals surface area contributed by atoms with Gasteiger partial charge in [0.05, 0.1) is 0 Å². The highest BCUT2D eigenvalue weighted by atomic mass is 16.4. The monoisotopic (exact) mass is 119 g/mol. The molecule has 0 aromatic rings. The molecule has 0 rings (SSSR count). The molecule has 0 atom stereocenters. The smallest absolute Gasteiger partial charge is 0.300 e. The third-order valence-electron chi connectivity index (χ3n) is 0.0962. The summed E-state index contributed by atoms with van der Waals surface area (Å²) >= 11 is 0. The first-order valence-corrected chi connectivity index (χ1v) is 1.98. The molecule has 0 aromatic heterocycles. The highest BCUT2D eigenvalue weighted by Gasteiger charge is 1.65. The van der Waals surface area contributed by atoms with Crippen LogP contribution in [-0.2, 0) is 9.59 Å². The van der Waals surface area contributed by atoms with Crippen LogP contribution in [0, 0.1) is 0 Å². The quantitative estimate of drug-likeness (QED) is 0.444. The molecule has 0 heterocycles. The minimum absolute atomic E-state index is 0.139. The Labute approximate surface area is 47.3 Å². The number of rotatable bonds is 1. The Balaban J connectivity index is 0. The lowest BCUT2D eigenvalue weighted by atomic mass is 10.8. The van der Waals surface area contributed by atoms with Crippen LogP contribution in [0.5, 0.6) is 0 Å². The highest BCUT2D eigenvalue weighted by molar-refractivity contribution is 5.62. The van der Waals surface area contributed by atoms with E-state index >= 15 is 0 Å². The fourth-order valence-electron chi connectivity index (χ4n) is 0. The zero-order valence-corrected chi connectivity index (χ0v) is 4.63. The molecular formula is C4H9NO3. The van der Waals surface area contributed by atoms with E-state index in [0.717, 1.165) is 6.92 Å². The van der Waals surface area contributed by atoms with Gasteiger partial charge in [-0.1, -0.05) is 0 Å². The van der Waals surface area contributed by atoms with Gasteiger partial charge in [-0.25, -0.2) is 0 Å². The number of carbonyl (C=O) groups excluding carboxylic acids is 1. The van der Waals surface area contributed by atoms with E-state index in [0.29, 0.717) is 6.29 Å². The van der Waals surface area contributed by atoms with E-state index in [1.165, 1.54) is 0 Å². The lowest BCUT2D eigenvalue weighted by Gasteiger charge is -1.59. The van der Waals surface area contributed by atoms with Gasteiger partial charge in [-0.05, 0) is 0 Å². The Morgan fingerprint density at radius 1 is 1.88 bits per heavy atom. The maximum absolute atomic E-state index is 9.05. The van der Waals surface area contributed by atoms with Crippen LogP contribution in [0.15, 0.2) is 0 Å². The number of carboxylic acids is 1. The topological polar surface area (TPSA) is 80.4 Å². The van der Waals surface area contributed by atoms with Gasteiger partial charge >= 0.3 is 0 Å². The molecule has 3 N–H and O–H groups in total. The molecule has 0 bridgehead atoms. The molecule has 48 valence electrons. The van der Waals surface area contributed by atoms with Crippen molar-refractivity contribution in [1.82, 2.24) is 0 Å². The average molecular weight is 119 g/mol. The summed E-state index contributed by atoms with van der Waals surface area (Å²) in [7, 11) is 0. The van der Waals surface area contributed by atoms with Crippen molar-refractivity contribution in [2.75, 3.05) is 6.54 Å².